The van der Waals surface area contributed by atoms with Crippen molar-refractivity contribution in [2.75, 3.05) is 39.4 Å². The molecule has 3 aromatic heterocycles. The summed E-state index contributed by atoms with van der Waals surface area (Å²) >= 11 is 1.55. The minimum absolute atomic E-state index is 0.0989. The van der Waals surface area contributed by atoms with Gasteiger partial charge < -0.3 is 9.64 Å². The number of amides is 1. The highest BCUT2D eigenvalue weighted by Crippen LogP contribution is 2.23. The maximum Gasteiger partial charge on any atom is 0.228 e. The van der Waals surface area contributed by atoms with Crippen LogP contribution in [0.25, 0.3) is 10.6 Å². The molecule has 0 aromatic carbocycles. The molecule has 162 valence electrons. The van der Waals surface area contributed by atoms with Crippen LogP contribution in [0.2, 0.25) is 0 Å². The lowest BCUT2D eigenvalue weighted by Gasteiger charge is -2.28. The molecule has 0 unspecified atom stereocenters. The number of ether oxygens (including phenoxy) is 1. The van der Waals surface area contributed by atoms with Gasteiger partial charge in [0.2, 0.25) is 5.91 Å². The number of thiazole rings is 1. The summed E-state index contributed by atoms with van der Waals surface area (Å²) in [5, 5.41) is 2.86. The molecule has 1 saturated heterocycles. The normalized spacial score (nSPS) is 14.5. The van der Waals surface area contributed by atoms with Crippen LogP contribution in [0, 0.1) is 0 Å². The molecule has 8 heteroatoms. The highest BCUT2D eigenvalue weighted by molar-refractivity contribution is 7.13. The molecular formula is C23H27N5O2S. The van der Waals surface area contributed by atoms with Crippen LogP contribution in [0.5, 0.6) is 0 Å². The minimum Gasteiger partial charge on any atom is -0.379 e. The zero-order valence-electron chi connectivity index (χ0n) is 17.5. The van der Waals surface area contributed by atoms with Crippen LogP contribution in [0.3, 0.4) is 0 Å². The van der Waals surface area contributed by atoms with Crippen LogP contribution in [0.1, 0.15) is 17.7 Å². The first kappa shape index (κ1) is 21.5. The third-order valence-electron chi connectivity index (χ3n) is 5.27. The number of morpholine rings is 1. The standard InChI is InChI=1S/C23H27N5O2S/c29-22(15-21-18-31-23(26-21)20-3-1-6-25-16-20)28(17-19-4-7-24-8-5-19)10-2-9-27-11-13-30-14-12-27/h1,3-8,16,18H,2,9-15,17H2. The Morgan fingerprint density at radius 1 is 1.13 bits per heavy atom. The number of pyridine rings is 2. The van der Waals surface area contributed by atoms with Crippen molar-refractivity contribution in [1.29, 1.82) is 0 Å². The van der Waals surface area contributed by atoms with Crippen LogP contribution in [0.15, 0.2) is 54.4 Å². The van der Waals surface area contributed by atoms with E-state index in [1.165, 1.54) is 0 Å². The molecule has 0 aliphatic carbocycles. The fourth-order valence-electron chi connectivity index (χ4n) is 3.59. The van der Waals surface area contributed by atoms with Crippen molar-refractivity contribution in [1.82, 2.24) is 24.8 Å². The van der Waals surface area contributed by atoms with Gasteiger partial charge >= 0.3 is 0 Å². The maximum atomic E-state index is 13.2. The molecule has 1 aliphatic rings. The lowest BCUT2D eigenvalue weighted by molar-refractivity contribution is -0.131. The van der Waals surface area contributed by atoms with E-state index >= 15 is 0 Å². The summed E-state index contributed by atoms with van der Waals surface area (Å²) in [6, 6.07) is 7.81. The van der Waals surface area contributed by atoms with E-state index < -0.39 is 0 Å². The highest BCUT2D eigenvalue weighted by Gasteiger charge is 2.18. The van der Waals surface area contributed by atoms with Gasteiger partial charge in [0, 0.05) is 68.5 Å². The van der Waals surface area contributed by atoms with Gasteiger partial charge in [0.1, 0.15) is 5.01 Å². The van der Waals surface area contributed by atoms with Crippen molar-refractivity contribution in [3.63, 3.8) is 0 Å². The lowest BCUT2D eigenvalue weighted by atomic mass is 10.2. The van der Waals surface area contributed by atoms with Gasteiger partial charge in [-0.3, -0.25) is 19.7 Å². The van der Waals surface area contributed by atoms with Gasteiger partial charge in [0.05, 0.1) is 25.3 Å². The first-order valence-corrected chi connectivity index (χ1v) is 11.5. The Bertz CT molecular complexity index is 945. The quantitative estimate of drug-likeness (QED) is 0.513. The monoisotopic (exact) mass is 437 g/mol. The van der Waals surface area contributed by atoms with E-state index in [0.29, 0.717) is 13.0 Å². The van der Waals surface area contributed by atoms with Crippen LogP contribution in [-0.4, -0.2) is 70.1 Å². The number of carbonyl (C=O) groups excluding carboxylic acids is 1. The zero-order valence-corrected chi connectivity index (χ0v) is 18.3. The maximum absolute atomic E-state index is 13.2. The van der Waals surface area contributed by atoms with Crippen molar-refractivity contribution in [3.8, 4) is 10.6 Å². The molecule has 1 amide bonds. The van der Waals surface area contributed by atoms with Gasteiger partial charge in [0.15, 0.2) is 0 Å². The molecule has 0 N–H and O–H groups in total. The molecular weight excluding hydrogens is 410 g/mol. The van der Waals surface area contributed by atoms with Crippen LogP contribution < -0.4 is 0 Å². The van der Waals surface area contributed by atoms with Gasteiger partial charge in [0.25, 0.3) is 0 Å². The first-order chi connectivity index (χ1) is 15.3. The second-order valence-corrected chi connectivity index (χ2v) is 8.40. The van der Waals surface area contributed by atoms with Gasteiger partial charge in [-0.15, -0.1) is 11.3 Å². The molecule has 0 atom stereocenters. The van der Waals surface area contributed by atoms with E-state index in [-0.39, 0.29) is 5.91 Å². The summed E-state index contributed by atoms with van der Waals surface area (Å²) in [6.45, 7) is 5.81. The summed E-state index contributed by atoms with van der Waals surface area (Å²) in [6.07, 6.45) is 8.33. The Balaban J connectivity index is 1.38. The number of hydrogen-bond donors (Lipinski definition) is 0. The Labute approximate surface area is 186 Å². The number of hydrogen-bond acceptors (Lipinski definition) is 7. The predicted molar refractivity (Wildman–Crippen MR) is 121 cm³/mol. The second-order valence-electron chi connectivity index (χ2n) is 7.54. The fraction of sp³-hybridized carbons (Fsp3) is 0.391. The second kappa shape index (κ2) is 11.1. The van der Waals surface area contributed by atoms with Gasteiger partial charge in [-0.1, -0.05) is 0 Å². The zero-order chi connectivity index (χ0) is 21.3. The number of nitrogens with zero attached hydrogens (tertiary/aromatic N) is 5. The SMILES string of the molecule is O=C(Cc1csc(-c2cccnc2)n1)N(CCCN1CCOCC1)Cc1ccncc1. The van der Waals surface area contributed by atoms with E-state index in [4.69, 9.17) is 4.74 Å². The third-order valence-corrected chi connectivity index (χ3v) is 6.21. The lowest BCUT2D eigenvalue weighted by Crippen LogP contribution is -2.39. The van der Waals surface area contributed by atoms with E-state index in [1.54, 1.807) is 36.1 Å². The topological polar surface area (TPSA) is 71.5 Å². The number of rotatable bonds is 9. The van der Waals surface area contributed by atoms with Gasteiger partial charge in [-0.05, 0) is 36.2 Å². The number of aromatic nitrogens is 3. The molecule has 0 radical (unpaired) electrons. The molecule has 4 heterocycles. The third kappa shape index (κ3) is 6.40. The highest BCUT2D eigenvalue weighted by atomic mass is 32.1. The Hall–Kier alpha value is -2.68. The van der Waals surface area contributed by atoms with Gasteiger partial charge in [-0.25, -0.2) is 4.98 Å². The molecule has 1 fully saturated rings. The van der Waals surface area contributed by atoms with Crippen molar-refractivity contribution < 1.29 is 9.53 Å². The Kier molecular flexibility index (Phi) is 7.71. The first-order valence-electron chi connectivity index (χ1n) is 10.6. The molecule has 4 rings (SSSR count). The molecule has 0 spiro atoms. The van der Waals surface area contributed by atoms with Crippen LogP contribution >= 0.6 is 11.3 Å². The van der Waals surface area contributed by atoms with E-state index in [1.807, 2.05) is 34.5 Å². The molecule has 3 aromatic rings. The molecule has 7 nitrogen and oxygen atoms in total. The molecule has 0 saturated carbocycles. The minimum atomic E-state index is 0.0989. The van der Waals surface area contributed by atoms with E-state index in [0.717, 1.165) is 67.6 Å². The molecule has 31 heavy (non-hydrogen) atoms. The van der Waals surface area contributed by atoms with Crippen molar-refractivity contribution >= 4 is 17.2 Å². The van der Waals surface area contributed by atoms with Crippen molar-refractivity contribution in [3.05, 3.63) is 65.7 Å². The summed E-state index contributed by atoms with van der Waals surface area (Å²) < 4.78 is 5.42. The molecule has 1 aliphatic heterocycles. The summed E-state index contributed by atoms with van der Waals surface area (Å²) in [4.78, 5) is 30.4. The largest absolute Gasteiger partial charge is 0.379 e. The van der Waals surface area contributed by atoms with Crippen LogP contribution in [-0.2, 0) is 22.5 Å². The smallest absolute Gasteiger partial charge is 0.228 e. The Morgan fingerprint density at radius 3 is 2.74 bits per heavy atom. The van der Waals surface area contributed by atoms with Gasteiger partial charge in [-0.2, -0.15) is 0 Å². The molecule has 0 bridgehead atoms. The average molecular weight is 438 g/mol. The fourth-order valence-corrected chi connectivity index (χ4v) is 4.40. The van der Waals surface area contributed by atoms with Crippen LogP contribution in [0.4, 0.5) is 0 Å². The van der Waals surface area contributed by atoms with Crippen molar-refractivity contribution in [2.45, 2.75) is 19.4 Å². The average Bonchev–Trinajstić information content (AvgIpc) is 3.29. The van der Waals surface area contributed by atoms with Crippen molar-refractivity contribution in [2.24, 2.45) is 0 Å². The summed E-state index contributed by atoms with van der Waals surface area (Å²) in [7, 11) is 0. The predicted octanol–water partition coefficient (Wildman–Crippen LogP) is 2.89. The summed E-state index contributed by atoms with van der Waals surface area (Å²) in [5.41, 5.74) is 2.87. The summed E-state index contributed by atoms with van der Waals surface area (Å²) in [5.74, 6) is 0.0989. The van der Waals surface area contributed by atoms with E-state index in [9.17, 15) is 4.79 Å². The Morgan fingerprint density at radius 2 is 1.97 bits per heavy atom. The van der Waals surface area contributed by atoms with E-state index in [2.05, 4.69) is 19.9 Å². The number of carbonyl (C=O) groups is 1.